The standard InChI is InChI=1S/C14H31O2PS2/c1-3-5-7-9-11-13-15-17(18,19)16-14-12-10-8-6-4-2/h3-14H2,1-2H3,(H,18,19)/p-1. The number of hydrogen-bond acceptors (Lipinski definition) is 4. The fraction of sp³-hybridized carbons (Fsp3) is 1.00. The Morgan fingerprint density at radius 3 is 1.47 bits per heavy atom. The molecular formula is C14H30O2PS2-. The average Bonchev–Trinajstić information content (AvgIpc) is 2.38. The van der Waals surface area contributed by atoms with Gasteiger partial charge in [0.1, 0.15) is 0 Å². The summed E-state index contributed by atoms with van der Waals surface area (Å²) in [7, 11) is 0. The predicted molar refractivity (Wildman–Crippen MR) is 91.1 cm³/mol. The van der Waals surface area contributed by atoms with Crippen LogP contribution in [0.3, 0.4) is 0 Å². The summed E-state index contributed by atoms with van der Waals surface area (Å²) in [6, 6.07) is 0. The van der Waals surface area contributed by atoms with Gasteiger partial charge in [0.2, 0.25) is 0 Å². The SMILES string of the molecule is CCCCCCCOP(=S)([S-])OCCCCCCC. The second kappa shape index (κ2) is 13.9. The fourth-order valence-corrected chi connectivity index (χ4v) is 3.48. The second-order valence-electron chi connectivity index (χ2n) is 4.94. The first-order chi connectivity index (χ1) is 9.12. The van der Waals surface area contributed by atoms with Gasteiger partial charge in [-0.25, -0.2) is 0 Å². The molecule has 2 nitrogen and oxygen atoms in total. The second-order valence-corrected chi connectivity index (χ2v) is 9.93. The summed E-state index contributed by atoms with van der Waals surface area (Å²) >= 11 is 10.5. The molecule has 0 radical (unpaired) electrons. The molecule has 116 valence electrons. The highest BCUT2D eigenvalue weighted by molar-refractivity contribution is 8.51. The molecule has 0 aliphatic carbocycles. The topological polar surface area (TPSA) is 18.5 Å². The molecule has 0 spiro atoms. The van der Waals surface area contributed by atoms with E-state index in [4.69, 9.17) is 33.1 Å². The molecule has 0 aliphatic rings. The van der Waals surface area contributed by atoms with Crippen molar-refractivity contribution in [2.75, 3.05) is 13.2 Å². The number of rotatable bonds is 14. The maximum atomic E-state index is 5.56. The molecular weight excluding hydrogens is 295 g/mol. The normalized spacial score (nSPS) is 11.9. The van der Waals surface area contributed by atoms with Crippen LogP contribution >= 0.6 is 5.69 Å². The maximum absolute atomic E-state index is 5.56. The molecule has 0 aromatic heterocycles. The van der Waals surface area contributed by atoms with Crippen LogP contribution in [0.2, 0.25) is 0 Å². The zero-order chi connectivity index (χ0) is 14.4. The predicted octanol–water partition coefficient (Wildman–Crippen LogP) is 5.73. The van der Waals surface area contributed by atoms with Crippen molar-refractivity contribution in [1.82, 2.24) is 0 Å². The minimum Gasteiger partial charge on any atom is -0.691 e. The zero-order valence-corrected chi connectivity index (χ0v) is 15.1. The van der Waals surface area contributed by atoms with Gasteiger partial charge in [-0.1, -0.05) is 77.0 Å². The molecule has 0 rings (SSSR count). The van der Waals surface area contributed by atoms with Gasteiger partial charge in [0, 0.05) is 0 Å². The first kappa shape index (κ1) is 19.9. The lowest BCUT2D eigenvalue weighted by Crippen LogP contribution is -1.97. The van der Waals surface area contributed by atoms with E-state index in [1.54, 1.807) is 0 Å². The van der Waals surface area contributed by atoms with E-state index >= 15 is 0 Å². The molecule has 0 saturated heterocycles. The van der Waals surface area contributed by atoms with Gasteiger partial charge in [0.05, 0.1) is 18.9 Å². The molecule has 0 aromatic rings. The van der Waals surface area contributed by atoms with Crippen molar-refractivity contribution in [3.63, 3.8) is 0 Å². The third kappa shape index (κ3) is 15.1. The van der Waals surface area contributed by atoms with E-state index in [-0.39, 0.29) is 0 Å². The van der Waals surface area contributed by atoms with Crippen molar-refractivity contribution in [2.45, 2.75) is 78.1 Å². The monoisotopic (exact) mass is 325 g/mol. The summed E-state index contributed by atoms with van der Waals surface area (Å²) in [5.41, 5.74) is -2.39. The van der Waals surface area contributed by atoms with Crippen molar-refractivity contribution < 1.29 is 9.05 Å². The van der Waals surface area contributed by atoms with E-state index < -0.39 is 5.69 Å². The Bertz CT molecular complexity index is 217. The zero-order valence-electron chi connectivity index (χ0n) is 12.6. The quantitative estimate of drug-likeness (QED) is 0.230. The summed E-state index contributed by atoms with van der Waals surface area (Å²) in [5, 5.41) is 0. The summed E-state index contributed by atoms with van der Waals surface area (Å²) in [4.78, 5) is 0. The van der Waals surface area contributed by atoms with Gasteiger partial charge in [-0.15, -0.1) is 0 Å². The smallest absolute Gasteiger partial charge is 0.0563 e. The van der Waals surface area contributed by atoms with Crippen LogP contribution in [-0.2, 0) is 33.1 Å². The van der Waals surface area contributed by atoms with E-state index in [1.807, 2.05) is 0 Å². The highest BCUT2D eigenvalue weighted by atomic mass is 32.9. The summed E-state index contributed by atoms with van der Waals surface area (Å²) in [6.45, 7) is 5.77. The van der Waals surface area contributed by atoms with Gasteiger partial charge in [0.15, 0.2) is 0 Å². The van der Waals surface area contributed by atoms with E-state index in [9.17, 15) is 0 Å². The lowest BCUT2D eigenvalue weighted by atomic mass is 10.2. The maximum Gasteiger partial charge on any atom is 0.0563 e. The van der Waals surface area contributed by atoms with E-state index in [0.29, 0.717) is 13.2 Å². The lowest BCUT2D eigenvalue weighted by molar-refractivity contribution is 0.250. The largest absolute Gasteiger partial charge is 0.691 e. The Morgan fingerprint density at radius 2 is 1.11 bits per heavy atom. The van der Waals surface area contributed by atoms with E-state index in [1.165, 1.54) is 51.4 Å². The van der Waals surface area contributed by atoms with Gasteiger partial charge in [-0.3, -0.25) is 0 Å². The Kier molecular flexibility index (Phi) is 14.6. The van der Waals surface area contributed by atoms with Crippen molar-refractivity contribution in [3.8, 4) is 0 Å². The van der Waals surface area contributed by atoms with E-state index in [2.05, 4.69) is 13.8 Å². The molecule has 0 aromatic carbocycles. The highest BCUT2D eigenvalue weighted by Crippen LogP contribution is 2.46. The Balaban J connectivity index is 3.39. The Hall–Kier alpha value is 0.920. The molecule has 0 fully saturated rings. The Morgan fingerprint density at radius 1 is 0.737 bits per heavy atom. The van der Waals surface area contributed by atoms with Crippen LogP contribution < -0.4 is 0 Å². The molecule has 0 aliphatic heterocycles. The molecule has 5 heteroatoms. The number of hydrogen-bond donors (Lipinski definition) is 0. The third-order valence-corrected chi connectivity index (χ3v) is 5.26. The molecule has 0 unspecified atom stereocenters. The lowest BCUT2D eigenvalue weighted by Gasteiger charge is -2.28. The van der Waals surface area contributed by atoms with Crippen LogP contribution in [0, 0.1) is 0 Å². The molecule has 0 heterocycles. The minimum absolute atomic E-state index is 0.667. The fourth-order valence-electron chi connectivity index (χ4n) is 1.80. The van der Waals surface area contributed by atoms with Crippen LogP contribution in [-0.4, -0.2) is 13.2 Å². The first-order valence-electron chi connectivity index (χ1n) is 7.72. The molecule has 0 saturated carbocycles. The van der Waals surface area contributed by atoms with Gasteiger partial charge in [0.25, 0.3) is 0 Å². The molecule has 19 heavy (non-hydrogen) atoms. The summed E-state index contributed by atoms with van der Waals surface area (Å²) in [5.74, 6) is 0. The van der Waals surface area contributed by atoms with Crippen molar-refractivity contribution in [1.29, 1.82) is 0 Å². The molecule has 0 N–H and O–H groups in total. The van der Waals surface area contributed by atoms with Crippen LogP contribution in [0.5, 0.6) is 0 Å². The van der Waals surface area contributed by atoms with Gasteiger partial charge in [-0.05, 0) is 12.8 Å². The molecule has 0 bridgehead atoms. The van der Waals surface area contributed by atoms with Crippen LogP contribution in [0.25, 0.3) is 0 Å². The van der Waals surface area contributed by atoms with Gasteiger partial charge >= 0.3 is 0 Å². The summed E-state index contributed by atoms with van der Waals surface area (Å²) in [6.07, 6.45) is 12.2. The van der Waals surface area contributed by atoms with Crippen molar-refractivity contribution in [2.24, 2.45) is 0 Å². The van der Waals surface area contributed by atoms with Crippen molar-refractivity contribution >= 4 is 29.7 Å². The average molecular weight is 326 g/mol. The highest BCUT2D eigenvalue weighted by Gasteiger charge is 2.02. The van der Waals surface area contributed by atoms with E-state index in [0.717, 1.165) is 12.8 Å². The summed E-state index contributed by atoms with van der Waals surface area (Å²) < 4.78 is 11.1. The van der Waals surface area contributed by atoms with Gasteiger partial charge < -0.3 is 21.3 Å². The Labute approximate surface area is 130 Å². The first-order valence-corrected chi connectivity index (χ1v) is 11.4. The molecule has 0 atom stereocenters. The van der Waals surface area contributed by atoms with Crippen molar-refractivity contribution in [3.05, 3.63) is 0 Å². The van der Waals surface area contributed by atoms with Crippen LogP contribution in [0.4, 0.5) is 0 Å². The molecule has 0 amide bonds. The minimum atomic E-state index is -2.39. The third-order valence-electron chi connectivity index (χ3n) is 2.99. The van der Waals surface area contributed by atoms with Gasteiger partial charge in [-0.2, -0.15) is 0 Å². The van der Waals surface area contributed by atoms with Crippen LogP contribution in [0.1, 0.15) is 78.1 Å². The number of unbranched alkanes of at least 4 members (excludes halogenated alkanes) is 8. The van der Waals surface area contributed by atoms with Crippen LogP contribution in [0.15, 0.2) is 0 Å².